The van der Waals surface area contributed by atoms with Crippen molar-refractivity contribution in [2.75, 3.05) is 0 Å². The van der Waals surface area contributed by atoms with E-state index in [9.17, 15) is 0 Å². The second-order valence-electron chi connectivity index (χ2n) is 2.47. The van der Waals surface area contributed by atoms with Crippen LogP contribution in [-0.2, 0) is 0 Å². The van der Waals surface area contributed by atoms with Gasteiger partial charge in [-0.3, -0.25) is 0 Å². The first kappa shape index (κ1) is 9.79. The zero-order valence-electron chi connectivity index (χ0n) is 6.36. The summed E-state index contributed by atoms with van der Waals surface area (Å²) in [6.07, 6.45) is 8.62. The van der Waals surface area contributed by atoms with Crippen LogP contribution in [0.4, 0.5) is 0 Å². The zero-order valence-corrected chi connectivity index (χ0v) is 8.69. The van der Waals surface area contributed by atoms with Crippen molar-refractivity contribution in [3.8, 4) is 0 Å². The molecule has 0 bridgehead atoms. The van der Waals surface area contributed by atoms with E-state index in [2.05, 4.69) is 29.2 Å². The Kier molecular flexibility index (Phi) is 9.56. The van der Waals surface area contributed by atoms with Gasteiger partial charge in [-0.1, -0.05) is 0 Å². The third-order valence-electron chi connectivity index (χ3n) is 1.50. The maximum absolute atomic E-state index is 2.26. The third-order valence-corrected chi connectivity index (χ3v) is 2.32. The van der Waals surface area contributed by atoms with Crippen molar-refractivity contribution in [1.29, 1.82) is 0 Å². The van der Waals surface area contributed by atoms with E-state index >= 15 is 0 Å². The van der Waals surface area contributed by atoms with Crippen molar-refractivity contribution in [2.45, 2.75) is 49.9 Å². The molecular weight excluding hydrogens is 224 g/mol. The quantitative estimate of drug-likeness (QED) is 0.495. The van der Waals surface area contributed by atoms with Crippen molar-refractivity contribution >= 4 is 22.3 Å². The molecule has 0 aliphatic carbocycles. The summed E-state index contributed by atoms with van der Waals surface area (Å²) in [6, 6.07) is 0. The summed E-state index contributed by atoms with van der Waals surface area (Å²) in [5.41, 5.74) is 0. The van der Waals surface area contributed by atoms with Gasteiger partial charge in [0.2, 0.25) is 0 Å². The van der Waals surface area contributed by atoms with Gasteiger partial charge in [-0.15, -0.1) is 0 Å². The van der Waals surface area contributed by atoms with Crippen LogP contribution in [0, 0.1) is 0 Å². The van der Waals surface area contributed by atoms with E-state index in [1.807, 2.05) is 0 Å². The molecule has 9 heavy (non-hydrogen) atoms. The van der Waals surface area contributed by atoms with Gasteiger partial charge in [-0.2, -0.15) is 0 Å². The summed E-state index contributed by atoms with van der Waals surface area (Å²) >= 11 is 2.20. The molecule has 0 spiro atoms. The molecule has 0 N–H and O–H groups in total. The molecule has 0 unspecified atom stereocenters. The van der Waals surface area contributed by atoms with Crippen LogP contribution in [0.3, 0.4) is 0 Å². The maximum atomic E-state index is 2.26. The van der Waals surface area contributed by atoms with Gasteiger partial charge in [-0.25, -0.2) is 0 Å². The average Bonchev–Trinajstić information content (AvgIpc) is 1.89. The first-order valence-corrected chi connectivity index (χ1v) is 5.64. The predicted molar refractivity (Wildman–Crippen MR) is 43.9 cm³/mol. The molecule has 0 aliphatic rings. The van der Waals surface area contributed by atoms with Crippen molar-refractivity contribution in [1.82, 2.24) is 0 Å². The van der Waals surface area contributed by atoms with Crippen LogP contribution in [0.1, 0.15) is 45.4 Å². The molecule has 0 saturated heterocycles. The van der Waals surface area contributed by atoms with Crippen LogP contribution in [0.2, 0.25) is 4.47 Å². The van der Waals surface area contributed by atoms with Gasteiger partial charge >= 0.3 is 72.2 Å². The van der Waals surface area contributed by atoms with Gasteiger partial charge in [0, 0.05) is 0 Å². The van der Waals surface area contributed by atoms with Gasteiger partial charge in [-0.05, 0) is 0 Å². The Bertz CT molecular complexity index is 37.8. The van der Waals surface area contributed by atoms with Gasteiger partial charge in [0.05, 0.1) is 0 Å². The predicted octanol–water partition coefficient (Wildman–Crippen LogP) is 2.93. The van der Waals surface area contributed by atoms with Crippen molar-refractivity contribution in [2.24, 2.45) is 0 Å². The van der Waals surface area contributed by atoms with Gasteiger partial charge in [0.1, 0.15) is 0 Å². The molecule has 0 rings (SSSR count). The monoisotopic (exact) mass is 243 g/mol. The van der Waals surface area contributed by atoms with Crippen LogP contribution >= 0.6 is 0 Å². The Morgan fingerprint density at radius 1 is 0.889 bits per heavy atom. The molecule has 0 saturated carbocycles. The number of rotatable bonds is 6. The molecule has 0 fully saturated rings. The summed E-state index contributed by atoms with van der Waals surface area (Å²) < 4.78 is 1.38. The van der Waals surface area contributed by atoms with E-state index < -0.39 is 0 Å². The fraction of sp³-hybridized carbons (Fsp3) is 1.00. The van der Waals surface area contributed by atoms with Crippen LogP contribution < -0.4 is 0 Å². The fourth-order valence-electron chi connectivity index (χ4n) is 0.882. The van der Waals surface area contributed by atoms with Crippen LogP contribution in [0.25, 0.3) is 0 Å². The Labute approximate surface area is 72.3 Å². The number of unbranched alkanes of at least 4 members (excludes halogenated alkanes) is 5. The molecule has 55 valence electrons. The van der Waals surface area contributed by atoms with Gasteiger partial charge in [0.25, 0.3) is 0 Å². The Balaban J connectivity index is 2.60. The standard InChI is InChI=1S/C8H17Te/c1-2-3-4-5-6-7-8-9/h2-8H2,1H3. The van der Waals surface area contributed by atoms with Crippen LogP contribution in [0.15, 0.2) is 0 Å². The van der Waals surface area contributed by atoms with Gasteiger partial charge in [0.15, 0.2) is 0 Å². The van der Waals surface area contributed by atoms with Crippen molar-refractivity contribution < 1.29 is 0 Å². The number of hydrogen-bond acceptors (Lipinski definition) is 0. The second-order valence-corrected chi connectivity index (χ2v) is 3.64. The molecule has 0 amide bonds. The minimum absolute atomic E-state index is 1.37. The summed E-state index contributed by atoms with van der Waals surface area (Å²) in [6.45, 7) is 2.26. The summed E-state index contributed by atoms with van der Waals surface area (Å²) in [7, 11) is 0. The van der Waals surface area contributed by atoms with Crippen molar-refractivity contribution in [3.63, 3.8) is 0 Å². The van der Waals surface area contributed by atoms with E-state index in [4.69, 9.17) is 0 Å². The van der Waals surface area contributed by atoms with E-state index in [-0.39, 0.29) is 0 Å². The van der Waals surface area contributed by atoms with E-state index in [1.165, 1.54) is 43.0 Å². The van der Waals surface area contributed by atoms with Crippen molar-refractivity contribution in [3.05, 3.63) is 0 Å². The Hall–Kier alpha value is 0.790. The molecule has 0 atom stereocenters. The summed E-state index contributed by atoms with van der Waals surface area (Å²) in [5, 5.41) is 0. The third kappa shape index (κ3) is 8.79. The molecule has 0 nitrogen and oxygen atoms in total. The zero-order chi connectivity index (χ0) is 6.95. The molecule has 1 heteroatoms. The number of hydrogen-bond donors (Lipinski definition) is 0. The SMILES string of the molecule is CCCCCCCC[Te]. The first-order valence-electron chi connectivity index (χ1n) is 4.00. The molecule has 0 aromatic carbocycles. The van der Waals surface area contributed by atoms with Crippen LogP contribution in [-0.4, -0.2) is 22.3 Å². The average molecular weight is 241 g/mol. The molecular formula is C8H17Te. The molecule has 0 aliphatic heterocycles. The summed E-state index contributed by atoms with van der Waals surface area (Å²) in [4.78, 5) is 0. The topological polar surface area (TPSA) is 0 Å². The Morgan fingerprint density at radius 2 is 1.44 bits per heavy atom. The Morgan fingerprint density at radius 3 is 2.00 bits per heavy atom. The van der Waals surface area contributed by atoms with E-state index in [0.29, 0.717) is 0 Å². The molecule has 0 heterocycles. The van der Waals surface area contributed by atoms with E-state index in [0.717, 1.165) is 0 Å². The van der Waals surface area contributed by atoms with Crippen LogP contribution in [0.5, 0.6) is 0 Å². The van der Waals surface area contributed by atoms with Gasteiger partial charge < -0.3 is 0 Å². The summed E-state index contributed by atoms with van der Waals surface area (Å²) in [5.74, 6) is 0. The second kappa shape index (κ2) is 8.79. The fourth-order valence-corrected chi connectivity index (χ4v) is 1.46. The molecule has 0 aromatic rings. The normalized spacial score (nSPS) is 10.0. The first-order chi connectivity index (χ1) is 4.41. The molecule has 0 aromatic heterocycles. The minimum atomic E-state index is 1.37. The van der Waals surface area contributed by atoms with E-state index in [1.54, 1.807) is 0 Å². The molecule has 1 radical (unpaired) electrons.